The van der Waals surface area contributed by atoms with Crippen LogP contribution in [0, 0.1) is 5.41 Å². The largest absolute Gasteiger partial charge is 0.309 e. The van der Waals surface area contributed by atoms with E-state index < -0.39 is 9.84 Å². The number of sulfone groups is 1. The SMILES string of the molecule is CC1(C)CCCCC1NC1CCCC1S(C)(=O)=O. The van der Waals surface area contributed by atoms with Gasteiger partial charge in [0.05, 0.1) is 5.25 Å². The second-order valence-corrected chi connectivity index (χ2v) is 9.12. The highest BCUT2D eigenvalue weighted by atomic mass is 32.2. The van der Waals surface area contributed by atoms with E-state index in [-0.39, 0.29) is 11.3 Å². The average molecular weight is 273 g/mol. The van der Waals surface area contributed by atoms with E-state index in [1.165, 1.54) is 31.9 Å². The lowest BCUT2D eigenvalue weighted by Crippen LogP contribution is -2.52. The molecule has 18 heavy (non-hydrogen) atoms. The minimum Gasteiger partial charge on any atom is -0.309 e. The molecule has 2 saturated carbocycles. The first-order valence-electron chi connectivity index (χ1n) is 7.25. The molecule has 1 N–H and O–H groups in total. The van der Waals surface area contributed by atoms with Crippen LogP contribution in [0.15, 0.2) is 0 Å². The molecule has 2 aliphatic rings. The molecule has 0 radical (unpaired) electrons. The molecule has 0 saturated heterocycles. The van der Waals surface area contributed by atoms with Gasteiger partial charge in [-0.25, -0.2) is 8.42 Å². The van der Waals surface area contributed by atoms with Gasteiger partial charge in [-0.15, -0.1) is 0 Å². The number of hydrogen-bond donors (Lipinski definition) is 1. The third kappa shape index (κ3) is 3.08. The number of rotatable bonds is 3. The Bertz CT molecular complexity index is 389. The Labute approximate surface area is 112 Å². The van der Waals surface area contributed by atoms with E-state index in [2.05, 4.69) is 19.2 Å². The molecule has 2 aliphatic carbocycles. The zero-order valence-corrected chi connectivity index (χ0v) is 12.7. The van der Waals surface area contributed by atoms with Crippen molar-refractivity contribution in [1.82, 2.24) is 5.32 Å². The second-order valence-electron chi connectivity index (χ2n) is 6.86. The van der Waals surface area contributed by atoms with Crippen molar-refractivity contribution in [2.24, 2.45) is 5.41 Å². The lowest BCUT2D eigenvalue weighted by Gasteiger charge is -2.41. The van der Waals surface area contributed by atoms with Gasteiger partial charge in [0.1, 0.15) is 0 Å². The summed E-state index contributed by atoms with van der Waals surface area (Å²) in [5.74, 6) is 0. The Balaban J connectivity index is 2.04. The zero-order valence-electron chi connectivity index (χ0n) is 11.9. The molecule has 4 heteroatoms. The van der Waals surface area contributed by atoms with Crippen molar-refractivity contribution in [2.45, 2.75) is 76.1 Å². The highest BCUT2D eigenvalue weighted by molar-refractivity contribution is 7.91. The molecule has 0 heterocycles. The van der Waals surface area contributed by atoms with Gasteiger partial charge in [0.2, 0.25) is 0 Å². The maximum atomic E-state index is 11.8. The summed E-state index contributed by atoms with van der Waals surface area (Å²) in [6.45, 7) is 4.63. The van der Waals surface area contributed by atoms with Gasteiger partial charge in [-0.3, -0.25) is 0 Å². The molecular formula is C14H27NO2S. The first-order valence-corrected chi connectivity index (χ1v) is 9.21. The van der Waals surface area contributed by atoms with E-state index in [1.54, 1.807) is 0 Å². The lowest BCUT2D eigenvalue weighted by atomic mass is 9.73. The molecule has 2 rings (SSSR count). The van der Waals surface area contributed by atoms with E-state index in [0.29, 0.717) is 11.5 Å². The smallest absolute Gasteiger partial charge is 0.151 e. The summed E-state index contributed by atoms with van der Waals surface area (Å²) >= 11 is 0. The molecule has 0 amide bonds. The predicted molar refractivity (Wildman–Crippen MR) is 75.4 cm³/mol. The predicted octanol–water partition coefficient (Wildman–Crippen LogP) is 2.51. The molecule has 3 unspecified atom stereocenters. The van der Waals surface area contributed by atoms with Gasteiger partial charge < -0.3 is 5.32 Å². The normalized spacial score (nSPS) is 36.7. The summed E-state index contributed by atoms with van der Waals surface area (Å²) in [7, 11) is -2.90. The number of nitrogens with one attached hydrogen (secondary N) is 1. The van der Waals surface area contributed by atoms with Crippen LogP contribution >= 0.6 is 0 Å². The maximum Gasteiger partial charge on any atom is 0.151 e. The van der Waals surface area contributed by atoms with E-state index in [1.807, 2.05) is 0 Å². The molecule has 0 aromatic heterocycles. The third-order valence-corrected chi connectivity index (χ3v) is 6.59. The Hall–Kier alpha value is -0.0900. The fourth-order valence-corrected chi connectivity index (χ4v) is 5.10. The Morgan fingerprint density at radius 2 is 1.78 bits per heavy atom. The topological polar surface area (TPSA) is 46.2 Å². The molecule has 2 fully saturated rings. The fourth-order valence-electron chi connectivity index (χ4n) is 3.69. The van der Waals surface area contributed by atoms with Crippen LogP contribution < -0.4 is 5.32 Å². The van der Waals surface area contributed by atoms with Crippen LogP contribution in [-0.2, 0) is 9.84 Å². The van der Waals surface area contributed by atoms with Crippen LogP contribution in [0.4, 0.5) is 0 Å². The third-order valence-electron chi connectivity index (χ3n) is 4.92. The summed E-state index contributed by atoms with van der Waals surface area (Å²) in [6, 6.07) is 0.668. The summed E-state index contributed by atoms with van der Waals surface area (Å²) in [5.41, 5.74) is 0.308. The maximum absolute atomic E-state index is 11.8. The zero-order chi connectivity index (χ0) is 13.4. The van der Waals surface area contributed by atoms with Gasteiger partial charge in [0.15, 0.2) is 9.84 Å². The molecule has 3 atom stereocenters. The highest BCUT2D eigenvalue weighted by Gasteiger charge is 2.39. The average Bonchev–Trinajstić information content (AvgIpc) is 2.68. The highest BCUT2D eigenvalue weighted by Crippen LogP contribution is 2.37. The van der Waals surface area contributed by atoms with Crippen molar-refractivity contribution >= 4 is 9.84 Å². The van der Waals surface area contributed by atoms with E-state index in [4.69, 9.17) is 0 Å². The standard InChI is InChI=1S/C14H27NO2S/c1-14(2)10-5-4-9-13(14)15-11-7-6-8-12(11)18(3,16)17/h11-13,15H,4-10H2,1-3H3. The first kappa shape index (κ1) is 14.3. The van der Waals surface area contributed by atoms with Crippen molar-refractivity contribution in [3.8, 4) is 0 Å². The molecule has 3 nitrogen and oxygen atoms in total. The first-order chi connectivity index (χ1) is 8.31. The summed E-state index contributed by atoms with van der Waals surface area (Å²) in [6.07, 6.45) is 9.32. The van der Waals surface area contributed by atoms with Crippen molar-refractivity contribution in [3.05, 3.63) is 0 Å². The molecule has 0 aromatic rings. The monoisotopic (exact) mass is 273 g/mol. The van der Waals surface area contributed by atoms with Gasteiger partial charge in [-0.05, 0) is 31.1 Å². The van der Waals surface area contributed by atoms with Gasteiger partial charge in [0.25, 0.3) is 0 Å². The summed E-state index contributed by atoms with van der Waals surface area (Å²) in [4.78, 5) is 0. The van der Waals surface area contributed by atoms with Crippen LogP contribution in [-0.4, -0.2) is 32.0 Å². The molecule has 0 bridgehead atoms. The van der Waals surface area contributed by atoms with Crippen molar-refractivity contribution in [1.29, 1.82) is 0 Å². The fraction of sp³-hybridized carbons (Fsp3) is 1.00. The van der Waals surface area contributed by atoms with Crippen LogP contribution in [0.5, 0.6) is 0 Å². The summed E-state index contributed by atoms with van der Waals surface area (Å²) in [5, 5.41) is 3.53. The van der Waals surface area contributed by atoms with Crippen molar-refractivity contribution in [3.63, 3.8) is 0 Å². The second kappa shape index (κ2) is 5.12. The Kier molecular flexibility index (Phi) is 4.07. The van der Waals surface area contributed by atoms with Crippen molar-refractivity contribution < 1.29 is 8.42 Å². The van der Waals surface area contributed by atoms with E-state index in [9.17, 15) is 8.42 Å². The van der Waals surface area contributed by atoms with Crippen LogP contribution in [0.3, 0.4) is 0 Å². The van der Waals surface area contributed by atoms with E-state index >= 15 is 0 Å². The minimum absolute atomic E-state index is 0.157. The summed E-state index contributed by atoms with van der Waals surface area (Å²) < 4.78 is 23.6. The van der Waals surface area contributed by atoms with E-state index in [0.717, 1.165) is 19.3 Å². The number of hydrogen-bond acceptors (Lipinski definition) is 3. The minimum atomic E-state index is -2.90. The quantitative estimate of drug-likeness (QED) is 0.859. The lowest BCUT2D eigenvalue weighted by molar-refractivity contribution is 0.156. The molecular weight excluding hydrogens is 246 g/mol. The van der Waals surface area contributed by atoms with Crippen LogP contribution in [0.1, 0.15) is 58.8 Å². The van der Waals surface area contributed by atoms with Gasteiger partial charge >= 0.3 is 0 Å². The molecule has 0 aromatic carbocycles. The molecule has 0 spiro atoms. The van der Waals surface area contributed by atoms with Gasteiger partial charge in [-0.2, -0.15) is 0 Å². The molecule has 0 aliphatic heterocycles. The van der Waals surface area contributed by atoms with Crippen molar-refractivity contribution in [2.75, 3.05) is 6.26 Å². The van der Waals surface area contributed by atoms with Crippen LogP contribution in [0.25, 0.3) is 0 Å². The van der Waals surface area contributed by atoms with Gasteiger partial charge in [-0.1, -0.05) is 33.1 Å². The Morgan fingerprint density at radius 3 is 2.39 bits per heavy atom. The Morgan fingerprint density at radius 1 is 1.06 bits per heavy atom. The van der Waals surface area contributed by atoms with Crippen LogP contribution in [0.2, 0.25) is 0 Å². The van der Waals surface area contributed by atoms with Gasteiger partial charge in [0, 0.05) is 18.3 Å². The molecule has 106 valence electrons.